The van der Waals surface area contributed by atoms with Gasteiger partial charge in [0.2, 0.25) is 0 Å². The van der Waals surface area contributed by atoms with Gasteiger partial charge in [0.15, 0.2) is 0 Å². The molecule has 2 N–H and O–H groups in total. The fourth-order valence-corrected chi connectivity index (χ4v) is 2.62. The molecule has 94 valence electrons. The van der Waals surface area contributed by atoms with Crippen LogP contribution >= 0.6 is 11.6 Å². The molecule has 1 fully saturated rings. The highest BCUT2D eigenvalue weighted by Crippen LogP contribution is 2.21. The number of likely N-dealkylation sites (tertiary alicyclic amines) is 1. The van der Waals surface area contributed by atoms with Crippen LogP contribution in [0.5, 0.6) is 0 Å². The molecule has 2 rings (SSSR count). The first-order chi connectivity index (χ1) is 8.25. The van der Waals surface area contributed by atoms with Crippen molar-refractivity contribution in [3.63, 3.8) is 0 Å². The third-order valence-corrected chi connectivity index (χ3v) is 3.68. The van der Waals surface area contributed by atoms with E-state index in [-0.39, 0.29) is 0 Å². The molecule has 1 heterocycles. The summed E-state index contributed by atoms with van der Waals surface area (Å²) in [6.07, 6.45) is 6.73. The van der Waals surface area contributed by atoms with Gasteiger partial charge in [-0.3, -0.25) is 4.90 Å². The van der Waals surface area contributed by atoms with E-state index in [4.69, 9.17) is 17.3 Å². The van der Waals surface area contributed by atoms with Gasteiger partial charge in [0.1, 0.15) is 0 Å². The molecular weight excluding hydrogens is 232 g/mol. The monoisotopic (exact) mass is 252 g/mol. The van der Waals surface area contributed by atoms with Crippen molar-refractivity contribution in [1.82, 2.24) is 4.90 Å². The van der Waals surface area contributed by atoms with Crippen LogP contribution in [-0.2, 0) is 6.54 Å². The quantitative estimate of drug-likeness (QED) is 0.814. The molecule has 0 atom stereocenters. The molecule has 0 amide bonds. The lowest BCUT2D eigenvalue weighted by Gasteiger charge is -2.25. The SMILES string of the molecule is Nc1ccc(Cl)cc1CN1CCCCCCC1. The summed E-state index contributed by atoms with van der Waals surface area (Å²) in [4.78, 5) is 2.50. The van der Waals surface area contributed by atoms with Crippen LogP contribution in [-0.4, -0.2) is 18.0 Å². The molecule has 0 radical (unpaired) electrons. The molecule has 1 aromatic carbocycles. The summed E-state index contributed by atoms with van der Waals surface area (Å²) in [5.41, 5.74) is 8.01. The zero-order valence-corrected chi connectivity index (χ0v) is 11.0. The molecule has 2 nitrogen and oxygen atoms in total. The molecule has 17 heavy (non-hydrogen) atoms. The Morgan fingerprint density at radius 1 is 1.06 bits per heavy atom. The Hall–Kier alpha value is -0.730. The van der Waals surface area contributed by atoms with Crippen molar-refractivity contribution in [2.75, 3.05) is 18.8 Å². The molecule has 0 saturated carbocycles. The summed E-state index contributed by atoms with van der Waals surface area (Å²) in [6, 6.07) is 5.76. The summed E-state index contributed by atoms with van der Waals surface area (Å²) in [7, 11) is 0. The lowest BCUT2D eigenvalue weighted by atomic mass is 10.1. The molecular formula is C14H21ClN2. The minimum absolute atomic E-state index is 0.779. The number of benzene rings is 1. The Morgan fingerprint density at radius 2 is 1.71 bits per heavy atom. The molecule has 0 aliphatic carbocycles. The molecule has 1 aliphatic rings. The van der Waals surface area contributed by atoms with Gasteiger partial charge in [-0.2, -0.15) is 0 Å². The summed E-state index contributed by atoms with van der Waals surface area (Å²) in [5.74, 6) is 0. The van der Waals surface area contributed by atoms with E-state index in [1.54, 1.807) is 0 Å². The largest absolute Gasteiger partial charge is 0.398 e. The Kier molecular flexibility index (Phi) is 4.69. The van der Waals surface area contributed by atoms with E-state index in [1.165, 1.54) is 45.2 Å². The van der Waals surface area contributed by atoms with Gasteiger partial charge in [0, 0.05) is 17.3 Å². The normalized spacial score (nSPS) is 18.6. The molecule has 1 saturated heterocycles. The number of hydrogen-bond donors (Lipinski definition) is 1. The third kappa shape index (κ3) is 3.90. The maximum Gasteiger partial charge on any atom is 0.0410 e. The third-order valence-electron chi connectivity index (χ3n) is 3.45. The smallest absolute Gasteiger partial charge is 0.0410 e. The lowest BCUT2D eigenvalue weighted by Crippen LogP contribution is -2.27. The first-order valence-electron chi connectivity index (χ1n) is 6.52. The van der Waals surface area contributed by atoms with Crippen LogP contribution in [0.2, 0.25) is 5.02 Å². The molecule has 0 unspecified atom stereocenters. The van der Waals surface area contributed by atoms with Gasteiger partial charge in [-0.15, -0.1) is 0 Å². The van der Waals surface area contributed by atoms with Gasteiger partial charge in [0.25, 0.3) is 0 Å². The van der Waals surface area contributed by atoms with Crippen LogP contribution in [0, 0.1) is 0 Å². The Labute approximate surface area is 109 Å². The predicted octanol–water partition coefficient (Wildman–Crippen LogP) is 3.69. The van der Waals surface area contributed by atoms with E-state index < -0.39 is 0 Å². The molecule has 0 bridgehead atoms. The lowest BCUT2D eigenvalue weighted by molar-refractivity contribution is 0.240. The van der Waals surface area contributed by atoms with Crippen LogP contribution in [0.15, 0.2) is 18.2 Å². The average molecular weight is 253 g/mol. The van der Waals surface area contributed by atoms with E-state index in [9.17, 15) is 0 Å². The van der Waals surface area contributed by atoms with Crippen molar-refractivity contribution < 1.29 is 0 Å². The minimum Gasteiger partial charge on any atom is -0.398 e. The second-order valence-corrected chi connectivity index (χ2v) is 5.32. The molecule has 3 heteroatoms. The van der Waals surface area contributed by atoms with Crippen LogP contribution in [0.4, 0.5) is 5.69 Å². The summed E-state index contributed by atoms with van der Waals surface area (Å²) in [5, 5.41) is 0.779. The highest BCUT2D eigenvalue weighted by atomic mass is 35.5. The second-order valence-electron chi connectivity index (χ2n) is 4.89. The standard InChI is InChI=1S/C14H21ClN2/c15-13-6-7-14(16)12(10-13)11-17-8-4-2-1-3-5-9-17/h6-7,10H,1-5,8-9,11,16H2. The van der Waals surface area contributed by atoms with Crippen molar-refractivity contribution in [3.8, 4) is 0 Å². The number of nitrogen functional groups attached to an aromatic ring is 1. The van der Waals surface area contributed by atoms with Crippen molar-refractivity contribution in [2.24, 2.45) is 0 Å². The maximum atomic E-state index is 6.02. The number of hydrogen-bond acceptors (Lipinski definition) is 2. The van der Waals surface area contributed by atoms with E-state index in [2.05, 4.69) is 4.90 Å². The van der Waals surface area contributed by atoms with Crippen molar-refractivity contribution >= 4 is 17.3 Å². The van der Waals surface area contributed by atoms with Gasteiger partial charge in [0.05, 0.1) is 0 Å². The molecule has 0 spiro atoms. The van der Waals surface area contributed by atoms with E-state index in [1.807, 2.05) is 18.2 Å². The van der Waals surface area contributed by atoms with Gasteiger partial charge < -0.3 is 5.73 Å². The van der Waals surface area contributed by atoms with E-state index in [0.29, 0.717) is 0 Å². The summed E-state index contributed by atoms with van der Waals surface area (Å²) >= 11 is 6.02. The molecule has 1 aromatic rings. The number of rotatable bonds is 2. The summed E-state index contributed by atoms with van der Waals surface area (Å²) < 4.78 is 0. The first kappa shape index (κ1) is 12.7. The number of nitrogens with zero attached hydrogens (tertiary/aromatic N) is 1. The molecule has 0 aromatic heterocycles. The van der Waals surface area contributed by atoms with Crippen molar-refractivity contribution in [3.05, 3.63) is 28.8 Å². The van der Waals surface area contributed by atoms with E-state index >= 15 is 0 Å². The van der Waals surface area contributed by atoms with Gasteiger partial charge in [-0.1, -0.05) is 30.9 Å². The van der Waals surface area contributed by atoms with Crippen LogP contribution in [0.3, 0.4) is 0 Å². The minimum atomic E-state index is 0.779. The fourth-order valence-electron chi connectivity index (χ4n) is 2.42. The first-order valence-corrected chi connectivity index (χ1v) is 6.90. The van der Waals surface area contributed by atoms with Crippen LogP contribution in [0.25, 0.3) is 0 Å². The number of anilines is 1. The Bertz CT molecular complexity index is 357. The van der Waals surface area contributed by atoms with Crippen molar-refractivity contribution in [2.45, 2.75) is 38.6 Å². The Balaban J connectivity index is 2.00. The van der Waals surface area contributed by atoms with Crippen LogP contribution < -0.4 is 5.73 Å². The summed E-state index contributed by atoms with van der Waals surface area (Å²) in [6.45, 7) is 3.31. The highest BCUT2D eigenvalue weighted by molar-refractivity contribution is 6.30. The van der Waals surface area contributed by atoms with Crippen LogP contribution in [0.1, 0.15) is 37.7 Å². The van der Waals surface area contributed by atoms with E-state index in [0.717, 1.165) is 22.8 Å². The fraction of sp³-hybridized carbons (Fsp3) is 0.571. The zero-order chi connectivity index (χ0) is 12.1. The topological polar surface area (TPSA) is 29.3 Å². The molecule has 1 aliphatic heterocycles. The second kappa shape index (κ2) is 6.27. The highest BCUT2D eigenvalue weighted by Gasteiger charge is 2.10. The predicted molar refractivity (Wildman–Crippen MR) is 74.2 cm³/mol. The maximum absolute atomic E-state index is 6.02. The number of halogens is 1. The van der Waals surface area contributed by atoms with Gasteiger partial charge in [-0.25, -0.2) is 0 Å². The average Bonchev–Trinajstić information content (AvgIpc) is 2.27. The van der Waals surface area contributed by atoms with Crippen molar-refractivity contribution in [1.29, 1.82) is 0 Å². The zero-order valence-electron chi connectivity index (χ0n) is 10.3. The number of nitrogens with two attached hydrogens (primary N) is 1. The van der Waals surface area contributed by atoms with Gasteiger partial charge in [-0.05, 0) is 49.7 Å². The Morgan fingerprint density at radius 3 is 2.41 bits per heavy atom. The van der Waals surface area contributed by atoms with Gasteiger partial charge >= 0.3 is 0 Å².